The number of hydrogen-bond acceptors (Lipinski definition) is 5. The molecule has 1 N–H and O–H groups in total. The molecule has 7 nitrogen and oxygen atoms in total. The molecule has 0 bridgehead atoms. The van der Waals surface area contributed by atoms with Gasteiger partial charge in [0.25, 0.3) is 0 Å². The lowest BCUT2D eigenvalue weighted by Crippen LogP contribution is -2.44. The molecule has 0 aromatic heterocycles. The Bertz CT molecular complexity index is 713. The maximum atomic E-state index is 12.4. The molecule has 0 spiro atoms. The maximum absolute atomic E-state index is 12.4. The highest BCUT2D eigenvalue weighted by Crippen LogP contribution is 2.23. The Balaban J connectivity index is 2.10. The van der Waals surface area contributed by atoms with Gasteiger partial charge in [-0.05, 0) is 37.1 Å². The summed E-state index contributed by atoms with van der Waals surface area (Å²) >= 11 is 0. The zero-order valence-electron chi connectivity index (χ0n) is 13.6. The first-order valence-corrected chi connectivity index (χ1v) is 9.31. The number of hydrogen-bond donors (Lipinski definition) is 1. The van der Waals surface area contributed by atoms with Crippen molar-refractivity contribution in [3.05, 3.63) is 24.3 Å². The fraction of sp³-hybridized carbons (Fsp3) is 0.500. The molecule has 24 heavy (non-hydrogen) atoms. The van der Waals surface area contributed by atoms with Crippen molar-refractivity contribution in [3.8, 4) is 5.75 Å². The second-order valence-corrected chi connectivity index (χ2v) is 7.92. The van der Waals surface area contributed by atoms with E-state index in [1.54, 1.807) is 12.1 Å². The van der Waals surface area contributed by atoms with Gasteiger partial charge in [-0.25, -0.2) is 13.2 Å². The van der Waals surface area contributed by atoms with Gasteiger partial charge in [-0.3, -0.25) is 4.79 Å². The Morgan fingerprint density at radius 1 is 1.33 bits per heavy atom. The van der Waals surface area contributed by atoms with Crippen LogP contribution in [0.5, 0.6) is 5.75 Å². The molecule has 1 amide bonds. The molecule has 1 aliphatic rings. The summed E-state index contributed by atoms with van der Waals surface area (Å²) in [6.45, 7) is 1.86. The molecule has 0 aliphatic carbocycles. The summed E-state index contributed by atoms with van der Waals surface area (Å²) in [5.74, 6) is -2.11. The van der Waals surface area contributed by atoms with E-state index < -0.39 is 33.7 Å². The van der Waals surface area contributed by atoms with Gasteiger partial charge in [0.15, 0.2) is 9.84 Å². The first-order valence-electron chi connectivity index (χ1n) is 7.66. The molecule has 1 aromatic carbocycles. The second-order valence-electron chi connectivity index (χ2n) is 5.89. The van der Waals surface area contributed by atoms with Gasteiger partial charge < -0.3 is 14.7 Å². The molecule has 0 radical (unpaired) electrons. The van der Waals surface area contributed by atoms with Crippen molar-refractivity contribution in [2.75, 3.05) is 19.4 Å². The molecule has 0 unspecified atom stereocenters. The minimum Gasteiger partial charge on any atom is -0.497 e. The van der Waals surface area contributed by atoms with Gasteiger partial charge in [0.2, 0.25) is 5.91 Å². The number of carboxylic acids is 1. The first-order chi connectivity index (χ1) is 11.3. The van der Waals surface area contributed by atoms with E-state index in [0.29, 0.717) is 25.1 Å². The number of carboxylic acid groups (broad SMARTS) is 1. The third kappa shape index (κ3) is 3.87. The topological polar surface area (TPSA) is 101 Å². The van der Waals surface area contributed by atoms with Crippen molar-refractivity contribution in [3.63, 3.8) is 0 Å². The Morgan fingerprint density at radius 3 is 2.50 bits per heavy atom. The Morgan fingerprint density at radius 2 is 1.96 bits per heavy atom. The van der Waals surface area contributed by atoms with Crippen LogP contribution in [0.4, 0.5) is 0 Å². The summed E-state index contributed by atoms with van der Waals surface area (Å²) < 4.78 is 29.9. The molecular weight excluding hydrogens is 334 g/mol. The minimum atomic E-state index is -3.65. The number of sulfone groups is 1. The highest BCUT2D eigenvalue weighted by Gasteiger charge is 2.37. The fourth-order valence-corrected chi connectivity index (χ4v) is 4.39. The van der Waals surface area contributed by atoms with E-state index in [9.17, 15) is 18.0 Å². The predicted octanol–water partition coefficient (Wildman–Crippen LogP) is 1.18. The van der Waals surface area contributed by atoms with Gasteiger partial charge >= 0.3 is 5.97 Å². The van der Waals surface area contributed by atoms with Gasteiger partial charge in [-0.15, -0.1) is 0 Å². The van der Waals surface area contributed by atoms with Crippen LogP contribution in [-0.4, -0.2) is 55.7 Å². The molecule has 1 heterocycles. The van der Waals surface area contributed by atoms with Crippen LogP contribution in [0.25, 0.3) is 0 Å². The van der Waals surface area contributed by atoms with Crippen molar-refractivity contribution in [2.45, 2.75) is 30.7 Å². The Labute approximate surface area is 141 Å². The van der Waals surface area contributed by atoms with E-state index in [0.717, 1.165) is 0 Å². The number of aliphatic carboxylic acids is 1. The monoisotopic (exact) mass is 355 g/mol. The number of ether oxygens (including phenoxy) is 1. The molecule has 132 valence electrons. The van der Waals surface area contributed by atoms with Crippen LogP contribution in [-0.2, 0) is 19.4 Å². The Hall–Kier alpha value is -2.09. The van der Waals surface area contributed by atoms with E-state index in [2.05, 4.69) is 0 Å². The summed E-state index contributed by atoms with van der Waals surface area (Å²) in [6.07, 6.45) is 1.01. The first kappa shape index (κ1) is 18.3. The summed E-state index contributed by atoms with van der Waals surface area (Å²) in [5, 5.41) is 9.15. The summed E-state index contributed by atoms with van der Waals surface area (Å²) in [4.78, 5) is 25.0. The summed E-state index contributed by atoms with van der Waals surface area (Å²) in [7, 11) is -2.16. The molecule has 1 saturated heterocycles. The summed E-state index contributed by atoms with van der Waals surface area (Å²) in [6, 6.07) is 5.09. The van der Waals surface area contributed by atoms with Crippen LogP contribution in [0.15, 0.2) is 29.2 Å². The third-order valence-electron chi connectivity index (χ3n) is 4.13. The van der Waals surface area contributed by atoms with Gasteiger partial charge in [-0.2, -0.15) is 0 Å². The van der Waals surface area contributed by atoms with Crippen molar-refractivity contribution < 1.29 is 27.9 Å². The lowest BCUT2D eigenvalue weighted by atomic mass is 10.1. The molecule has 0 saturated carbocycles. The largest absolute Gasteiger partial charge is 0.497 e. The Kier molecular flexibility index (Phi) is 5.48. The van der Waals surface area contributed by atoms with Crippen molar-refractivity contribution >= 4 is 21.7 Å². The van der Waals surface area contributed by atoms with Crippen LogP contribution < -0.4 is 4.74 Å². The standard InChI is InChI=1S/C16H21NO6S/c1-11(15(18)17-9-3-4-14(17)16(19)20)10-24(21,22)13-7-5-12(23-2)6-8-13/h5-8,11,14H,3-4,9-10H2,1-2H3,(H,19,20)/t11-,14-/m0/s1. The number of amides is 1. The van der Waals surface area contributed by atoms with Crippen LogP contribution >= 0.6 is 0 Å². The quantitative estimate of drug-likeness (QED) is 0.822. The lowest BCUT2D eigenvalue weighted by Gasteiger charge is -2.24. The molecule has 2 rings (SSSR count). The molecule has 1 aromatic rings. The average Bonchev–Trinajstić information content (AvgIpc) is 3.03. The van der Waals surface area contributed by atoms with Crippen LogP contribution in [0.2, 0.25) is 0 Å². The summed E-state index contributed by atoms with van der Waals surface area (Å²) in [5.41, 5.74) is 0. The van der Waals surface area contributed by atoms with Gasteiger partial charge in [0, 0.05) is 12.5 Å². The molecule has 1 fully saturated rings. The number of methoxy groups -OCH3 is 1. The number of nitrogens with zero attached hydrogens (tertiary/aromatic N) is 1. The average molecular weight is 355 g/mol. The SMILES string of the molecule is COc1ccc(S(=O)(=O)C[C@H](C)C(=O)N2CCC[C@H]2C(=O)O)cc1. The van der Waals surface area contributed by atoms with Crippen LogP contribution in [0, 0.1) is 5.92 Å². The third-order valence-corrected chi connectivity index (χ3v) is 6.06. The number of carbonyl (C=O) groups excluding carboxylic acids is 1. The zero-order valence-corrected chi connectivity index (χ0v) is 14.5. The van der Waals surface area contributed by atoms with Crippen molar-refractivity contribution in [1.29, 1.82) is 0 Å². The van der Waals surface area contributed by atoms with Gasteiger partial charge in [0.1, 0.15) is 11.8 Å². The molecular formula is C16H21NO6S. The highest BCUT2D eigenvalue weighted by atomic mass is 32.2. The fourth-order valence-electron chi connectivity index (χ4n) is 2.85. The van der Waals surface area contributed by atoms with Crippen LogP contribution in [0.1, 0.15) is 19.8 Å². The molecule has 2 atom stereocenters. The van der Waals surface area contributed by atoms with Gasteiger partial charge in [0.05, 0.1) is 17.8 Å². The van der Waals surface area contributed by atoms with E-state index in [1.165, 1.54) is 31.1 Å². The van der Waals surface area contributed by atoms with Crippen molar-refractivity contribution in [1.82, 2.24) is 4.90 Å². The maximum Gasteiger partial charge on any atom is 0.326 e. The minimum absolute atomic E-state index is 0.110. The van der Waals surface area contributed by atoms with E-state index in [1.807, 2.05) is 0 Å². The molecule has 1 aliphatic heterocycles. The molecule has 8 heteroatoms. The lowest BCUT2D eigenvalue weighted by molar-refractivity contribution is -0.149. The highest BCUT2D eigenvalue weighted by molar-refractivity contribution is 7.91. The normalized spacial score (nSPS) is 19.1. The van der Waals surface area contributed by atoms with E-state index in [-0.39, 0.29) is 10.6 Å². The van der Waals surface area contributed by atoms with E-state index in [4.69, 9.17) is 9.84 Å². The van der Waals surface area contributed by atoms with Gasteiger partial charge in [-0.1, -0.05) is 6.92 Å². The zero-order chi connectivity index (χ0) is 17.9. The number of rotatable bonds is 6. The second kappa shape index (κ2) is 7.21. The van der Waals surface area contributed by atoms with Crippen LogP contribution in [0.3, 0.4) is 0 Å². The number of carbonyl (C=O) groups is 2. The predicted molar refractivity (Wildman–Crippen MR) is 86.6 cm³/mol. The van der Waals surface area contributed by atoms with Crippen molar-refractivity contribution in [2.24, 2.45) is 5.92 Å². The number of benzene rings is 1. The smallest absolute Gasteiger partial charge is 0.326 e. The number of likely N-dealkylation sites (tertiary alicyclic amines) is 1. The van der Waals surface area contributed by atoms with E-state index >= 15 is 0 Å².